The van der Waals surface area contributed by atoms with Gasteiger partial charge < -0.3 is 10.8 Å². The highest BCUT2D eigenvalue weighted by molar-refractivity contribution is 5.80. The Labute approximate surface area is 140 Å². The maximum Gasteiger partial charge on any atom is 0.162 e. The number of imidazole rings is 1. The molecule has 1 aliphatic carbocycles. The van der Waals surface area contributed by atoms with Crippen LogP contribution in [0.25, 0.3) is 22.6 Å². The summed E-state index contributed by atoms with van der Waals surface area (Å²) < 4.78 is 1.74. The van der Waals surface area contributed by atoms with Gasteiger partial charge >= 0.3 is 0 Å². The average Bonchev–Trinajstić information content (AvgIpc) is 3.22. The highest BCUT2D eigenvalue weighted by Gasteiger charge is 2.22. The second-order valence-electron chi connectivity index (χ2n) is 6.43. The summed E-state index contributed by atoms with van der Waals surface area (Å²) >= 11 is 0. The summed E-state index contributed by atoms with van der Waals surface area (Å²) in [5, 5.41) is 10.3. The zero-order chi connectivity index (χ0) is 16.7. The molecule has 1 atom stereocenters. The van der Waals surface area contributed by atoms with E-state index in [9.17, 15) is 5.11 Å². The van der Waals surface area contributed by atoms with Gasteiger partial charge in [-0.3, -0.25) is 4.57 Å². The van der Waals surface area contributed by atoms with Crippen molar-refractivity contribution in [1.82, 2.24) is 19.5 Å². The number of nitrogens with zero attached hydrogens (tertiary/aromatic N) is 4. The maximum absolute atomic E-state index is 10.3. The van der Waals surface area contributed by atoms with Crippen molar-refractivity contribution in [3.05, 3.63) is 36.2 Å². The number of aliphatic hydroxyl groups is 1. The second kappa shape index (κ2) is 5.87. The van der Waals surface area contributed by atoms with Gasteiger partial charge in [-0.05, 0) is 44.0 Å². The van der Waals surface area contributed by atoms with E-state index in [4.69, 9.17) is 10.7 Å². The summed E-state index contributed by atoms with van der Waals surface area (Å²) in [5.74, 6) is 1.51. The van der Waals surface area contributed by atoms with Crippen molar-refractivity contribution in [2.24, 2.45) is 0 Å². The predicted octanol–water partition coefficient (Wildman–Crippen LogP) is 3.24. The van der Waals surface area contributed by atoms with Crippen LogP contribution >= 0.6 is 0 Å². The molecule has 1 aliphatic rings. The van der Waals surface area contributed by atoms with Gasteiger partial charge in [-0.1, -0.05) is 12.8 Å². The number of nitrogen functional groups attached to an aromatic ring is 1. The van der Waals surface area contributed by atoms with Gasteiger partial charge in [-0.2, -0.15) is 0 Å². The van der Waals surface area contributed by atoms with Gasteiger partial charge in [0.25, 0.3) is 0 Å². The number of aromatic nitrogens is 4. The number of anilines is 1. The van der Waals surface area contributed by atoms with E-state index in [0.29, 0.717) is 28.8 Å². The van der Waals surface area contributed by atoms with Gasteiger partial charge in [-0.25, -0.2) is 15.0 Å². The molecule has 24 heavy (non-hydrogen) atoms. The Balaban J connectivity index is 1.91. The molecule has 6 nitrogen and oxygen atoms in total. The van der Waals surface area contributed by atoms with E-state index in [1.807, 2.05) is 18.2 Å². The fourth-order valence-corrected chi connectivity index (χ4v) is 3.59. The van der Waals surface area contributed by atoms with Crippen molar-refractivity contribution in [3.63, 3.8) is 0 Å². The minimum Gasteiger partial charge on any atom is -0.383 e. The molecule has 1 saturated carbocycles. The molecule has 0 aliphatic heterocycles. The lowest BCUT2D eigenvalue weighted by atomic mass is 10.0. The number of nitrogens with two attached hydrogens (primary N) is 1. The van der Waals surface area contributed by atoms with E-state index in [1.165, 1.54) is 25.7 Å². The molecular weight excluding hydrogens is 302 g/mol. The Morgan fingerprint density at radius 2 is 2.00 bits per heavy atom. The Morgan fingerprint density at radius 1 is 1.21 bits per heavy atom. The lowest BCUT2D eigenvalue weighted by Gasteiger charge is -2.13. The van der Waals surface area contributed by atoms with Gasteiger partial charge in [0.05, 0.1) is 5.56 Å². The molecule has 3 N–H and O–H groups in total. The quantitative estimate of drug-likeness (QED) is 0.772. The molecule has 1 fully saturated rings. The second-order valence-corrected chi connectivity index (χ2v) is 6.43. The van der Waals surface area contributed by atoms with Gasteiger partial charge in [0.15, 0.2) is 5.65 Å². The first kappa shape index (κ1) is 15.1. The van der Waals surface area contributed by atoms with Crippen LogP contribution in [0.15, 0.2) is 30.5 Å². The molecule has 0 radical (unpaired) electrons. The van der Waals surface area contributed by atoms with Crippen LogP contribution in [-0.2, 0) is 0 Å². The first-order valence-corrected chi connectivity index (χ1v) is 8.43. The minimum atomic E-state index is -0.754. The van der Waals surface area contributed by atoms with Crippen LogP contribution < -0.4 is 5.73 Å². The Morgan fingerprint density at radius 3 is 2.71 bits per heavy atom. The van der Waals surface area contributed by atoms with Crippen LogP contribution in [0.3, 0.4) is 0 Å². The Hall–Kier alpha value is -2.47. The Kier molecular flexibility index (Phi) is 3.69. The highest BCUT2D eigenvalue weighted by Crippen LogP contribution is 2.35. The zero-order valence-electron chi connectivity index (χ0n) is 13.7. The van der Waals surface area contributed by atoms with E-state index < -0.39 is 6.23 Å². The summed E-state index contributed by atoms with van der Waals surface area (Å²) in [6.07, 6.45) is 5.78. The lowest BCUT2D eigenvalue weighted by Crippen LogP contribution is -2.09. The van der Waals surface area contributed by atoms with E-state index in [2.05, 4.69) is 16.0 Å². The van der Waals surface area contributed by atoms with Crippen LogP contribution in [0.2, 0.25) is 0 Å². The lowest BCUT2D eigenvalue weighted by molar-refractivity contribution is 0.130. The zero-order valence-corrected chi connectivity index (χ0v) is 13.7. The van der Waals surface area contributed by atoms with Gasteiger partial charge in [0.1, 0.15) is 23.4 Å². The smallest absolute Gasteiger partial charge is 0.162 e. The Bertz CT molecular complexity index is 880. The van der Waals surface area contributed by atoms with Crippen LogP contribution in [-0.4, -0.2) is 24.6 Å². The van der Waals surface area contributed by atoms with Crippen molar-refractivity contribution in [3.8, 4) is 11.4 Å². The van der Waals surface area contributed by atoms with E-state index in [0.717, 1.165) is 11.2 Å². The first-order chi connectivity index (χ1) is 11.6. The summed E-state index contributed by atoms with van der Waals surface area (Å²) in [4.78, 5) is 13.6. The standard InChI is InChI=1S/C18H21N5O/c1-11(24)23-17(13-7-4-10-20-16(13)19)22-15-9-8-14(21-18(15)23)12-5-2-3-6-12/h4,7-12,24H,2-3,5-6H2,1H3,(H2,19,20). The monoisotopic (exact) mass is 323 g/mol. The fraction of sp³-hybridized carbons (Fsp3) is 0.389. The van der Waals surface area contributed by atoms with Gasteiger partial charge in [0, 0.05) is 17.8 Å². The molecule has 3 aromatic rings. The molecule has 1 unspecified atom stereocenters. The van der Waals surface area contributed by atoms with Crippen molar-refractivity contribution >= 4 is 17.0 Å². The van der Waals surface area contributed by atoms with Crippen molar-refractivity contribution in [2.45, 2.75) is 44.8 Å². The topological polar surface area (TPSA) is 89.8 Å². The largest absolute Gasteiger partial charge is 0.383 e. The minimum absolute atomic E-state index is 0.394. The molecule has 0 spiro atoms. The number of pyridine rings is 2. The molecule has 3 aromatic heterocycles. The summed E-state index contributed by atoms with van der Waals surface area (Å²) in [5.41, 5.74) is 9.27. The SMILES string of the molecule is CC(O)n1c(-c2cccnc2N)nc2ccc(C3CCCC3)nc21. The third kappa shape index (κ3) is 2.43. The molecule has 124 valence electrons. The van der Waals surface area contributed by atoms with E-state index in [1.54, 1.807) is 17.7 Å². The molecule has 6 heteroatoms. The predicted molar refractivity (Wildman–Crippen MR) is 93.3 cm³/mol. The van der Waals surface area contributed by atoms with Crippen LogP contribution in [0.4, 0.5) is 5.82 Å². The molecule has 0 saturated heterocycles. The third-order valence-corrected chi connectivity index (χ3v) is 4.79. The fourth-order valence-electron chi connectivity index (χ4n) is 3.59. The van der Waals surface area contributed by atoms with E-state index in [-0.39, 0.29) is 0 Å². The normalized spacial score (nSPS) is 16.8. The van der Waals surface area contributed by atoms with Crippen LogP contribution in [0.1, 0.15) is 50.4 Å². The third-order valence-electron chi connectivity index (χ3n) is 4.79. The van der Waals surface area contributed by atoms with Gasteiger partial charge in [0.2, 0.25) is 0 Å². The molecule has 0 aromatic carbocycles. The van der Waals surface area contributed by atoms with Gasteiger partial charge in [-0.15, -0.1) is 0 Å². The van der Waals surface area contributed by atoms with Crippen LogP contribution in [0.5, 0.6) is 0 Å². The first-order valence-electron chi connectivity index (χ1n) is 8.43. The van der Waals surface area contributed by atoms with E-state index >= 15 is 0 Å². The number of rotatable bonds is 3. The summed E-state index contributed by atoms with van der Waals surface area (Å²) in [7, 11) is 0. The molecular formula is C18H21N5O. The number of aliphatic hydroxyl groups excluding tert-OH is 1. The van der Waals surface area contributed by atoms with Crippen molar-refractivity contribution < 1.29 is 5.11 Å². The molecule has 4 rings (SSSR count). The summed E-state index contributed by atoms with van der Waals surface area (Å²) in [6.45, 7) is 1.71. The highest BCUT2D eigenvalue weighted by atomic mass is 16.3. The number of hydrogen-bond donors (Lipinski definition) is 2. The molecule has 0 bridgehead atoms. The van der Waals surface area contributed by atoms with Crippen molar-refractivity contribution in [1.29, 1.82) is 0 Å². The summed E-state index contributed by atoms with van der Waals surface area (Å²) in [6, 6.07) is 7.73. The molecule has 0 amide bonds. The number of hydrogen-bond acceptors (Lipinski definition) is 5. The maximum atomic E-state index is 10.3. The van der Waals surface area contributed by atoms with Crippen molar-refractivity contribution in [2.75, 3.05) is 5.73 Å². The number of fused-ring (bicyclic) bond motifs is 1. The van der Waals surface area contributed by atoms with Crippen LogP contribution in [0, 0.1) is 0 Å². The average molecular weight is 323 g/mol. The molecule has 3 heterocycles.